The van der Waals surface area contributed by atoms with Crippen molar-refractivity contribution in [1.82, 2.24) is 14.8 Å². The Bertz CT molecular complexity index is 765. The van der Waals surface area contributed by atoms with Crippen LogP contribution in [0.15, 0.2) is 24.5 Å². The molecule has 2 heterocycles. The van der Waals surface area contributed by atoms with Crippen molar-refractivity contribution in [2.75, 3.05) is 0 Å². The Kier molecular flexibility index (Phi) is 4.19. The van der Waals surface area contributed by atoms with E-state index in [1.54, 1.807) is 10.7 Å². The van der Waals surface area contributed by atoms with Gasteiger partial charge in [-0.05, 0) is 32.4 Å². The number of alkyl halides is 3. The van der Waals surface area contributed by atoms with Crippen LogP contribution in [0.3, 0.4) is 0 Å². The van der Waals surface area contributed by atoms with E-state index < -0.39 is 11.7 Å². The van der Waals surface area contributed by atoms with Gasteiger partial charge in [-0.3, -0.25) is 14.5 Å². The summed E-state index contributed by atoms with van der Waals surface area (Å²) in [5, 5.41) is 4.47. The van der Waals surface area contributed by atoms with Crippen LogP contribution >= 0.6 is 0 Å². The maximum atomic E-state index is 12.9. The van der Waals surface area contributed by atoms with Gasteiger partial charge in [-0.15, -0.1) is 0 Å². The molecule has 0 aliphatic heterocycles. The van der Waals surface area contributed by atoms with E-state index in [0.717, 1.165) is 24.4 Å². The summed E-state index contributed by atoms with van der Waals surface area (Å²) in [5.74, 6) is 0.304. The highest BCUT2D eigenvalue weighted by Gasteiger charge is 2.32. The molecule has 0 spiro atoms. The summed E-state index contributed by atoms with van der Waals surface area (Å²) in [6.45, 7) is 3.92. The second kappa shape index (κ2) is 6.03. The first-order valence-electron chi connectivity index (χ1n) is 7.89. The number of nitrogens with zero attached hydrogens (tertiary/aromatic N) is 3. The first kappa shape index (κ1) is 16.7. The quantitative estimate of drug-likeness (QED) is 0.835. The van der Waals surface area contributed by atoms with Gasteiger partial charge in [0.1, 0.15) is 5.78 Å². The van der Waals surface area contributed by atoms with Gasteiger partial charge in [0.2, 0.25) is 0 Å². The average Bonchev–Trinajstić information content (AvgIpc) is 3.12. The lowest BCUT2D eigenvalue weighted by Gasteiger charge is -2.14. The highest BCUT2D eigenvalue weighted by Crippen LogP contribution is 2.36. The standard InChI is InChI=1S/C17H18F3N3O/c1-10(2)23-16(11-3-4-14(24)6-11)7-15(22-23)12-5-13(9-21-8-12)17(18,19)20/h5,7-11H,3-4,6H2,1-2H3/t11-/m1/s1. The molecule has 2 aromatic heterocycles. The number of hydrogen-bond acceptors (Lipinski definition) is 3. The number of hydrogen-bond donors (Lipinski definition) is 0. The van der Waals surface area contributed by atoms with Crippen molar-refractivity contribution >= 4 is 5.78 Å². The molecule has 128 valence electrons. The van der Waals surface area contributed by atoms with Crippen LogP contribution in [0, 0.1) is 0 Å². The van der Waals surface area contributed by atoms with Crippen LogP contribution in [0.25, 0.3) is 11.3 Å². The van der Waals surface area contributed by atoms with E-state index >= 15 is 0 Å². The van der Waals surface area contributed by atoms with E-state index in [1.165, 1.54) is 6.20 Å². The molecule has 0 saturated heterocycles. The SMILES string of the molecule is CC(C)n1nc(-c2cncc(C(F)(F)F)c2)cc1[C@@H]1CCC(=O)C1. The first-order chi connectivity index (χ1) is 11.3. The minimum atomic E-state index is -4.44. The highest BCUT2D eigenvalue weighted by atomic mass is 19.4. The zero-order chi connectivity index (χ0) is 17.5. The molecule has 1 saturated carbocycles. The van der Waals surface area contributed by atoms with Crippen LogP contribution < -0.4 is 0 Å². The predicted octanol–water partition coefficient (Wildman–Crippen LogP) is 4.38. The van der Waals surface area contributed by atoms with E-state index in [4.69, 9.17) is 0 Å². The molecule has 24 heavy (non-hydrogen) atoms. The molecule has 7 heteroatoms. The van der Waals surface area contributed by atoms with Crippen LogP contribution in [0.4, 0.5) is 13.2 Å². The van der Waals surface area contributed by atoms with Crippen molar-refractivity contribution in [3.63, 3.8) is 0 Å². The molecule has 3 rings (SSSR count). The van der Waals surface area contributed by atoms with Gasteiger partial charge in [0.25, 0.3) is 0 Å². The third kappa shape index (κ3) is 3.20. The normalized spacial score (nSPS) is 18.6. The second-order valence-electron chi connectivity index (χ2n) is 6.43. The zero-order valence-electron chi connectivity index (χ0n) is 13.5. The molecule has 1 aliphatic rings. The lowest BCUT2D eigenvalue weighted by molar-refractivity contribution is -0.137. The second-order valence-corrected chi connectivity index (χ2v) is 6.43. The first-order valence-corrected chi connectivity index (χ1v) is 7.89. The monoisotopic (exact) mass is 337 g/mol. The summed E-state index contributed by atoms with van der Waals surface area (Å²) in [7, 11) is 0. The molecule has 2 aromatic rings. The van der Waals surface area contributed by atoms with Crippen molar-refractivity contribution in [2.45, 2.75) is 51.2 Å². The number of carbonyl (C=O) groups excluding carboxylic acids is 1. The van der Waals surface area contributed by atoms with E-state index in [1.807, 2.05) is 13.8 Å². The van der Waals surface area contributed by atoms with Crippen LogP contribution in [0.5, 0.6) is 0 Å². The number of carbonyl (C=O) groups is 1. The van der Waals surface area contributed by atoms with E-state index in [9.17, 15) is 18.0 Å². The lowest BCUT2D eigenvalue weighted by atomic mass is 10.0. The average molecular weight is 337 g/mol. The Hall–Kier alpha value is -2.18. The summed E-state index contributed by atoms with van der Waals surface area (Å²) >= 11 is 0. The maximum absolute atomic E-state index is 12.9. The topological polar surface area (TPSA) is 47.8 Å². The van der Waals surface area contributed by atoms with Gasteiger partial charge >= 0.3 is 6.18 Å². The molecule has 4 nitrogen and oxygen atoms in total. The number of ketones is 1. The Morgan fingerprint density at radius 1 is 1.25 bits per heavy atom. The number of aromatic nitrogens is 3. The van der Waals surface area contributed by atoms with Crippen LogP contribution in [-0.2, 0) is 11.0 Å². The molecule has 0 N–H and O–H groups in total. The summed E-state index contributed by atoms with van der Waals surface area (Å²) in [6.07, 6.45) is -0.472. The number of halogens is 3. The molecule has 0 unspecified atom stereocenters. The fourth-order valence-electron chi connectivity index (χ4n) is 3.07. The molecule has 1 aliphatic carbocycles. The molecule has 0 aromatic carbocycles. The molecule has 1 atom stereocenters. The minimum Gasteiger partial charge on any atom is -0.300 e. The predicted molar refractivity (Wildman–Crippen MR) is 82.4 cm³/mol. The Morgan fingerprint density at radius 3 is 2.58 bits per heavy atom. The van der Waals surface area contributed by atoms with Gasteiger partial charge in [0.05, 0.1) is 11.3 Å². The zero-order valence-corrected chi connectivity index (χ0v) is 13.5. The fourth-order valence-corrected chi connectivity index (χ4v) is 3.07. The Labute approximate surface area is 137 Å². The Morgan fingerprint density at radius 2 is 2.00 bits per heavy atom. The maximum Gasteiger partial charge on any atom is 0.417 e. The van der Waals surface area contributed by atoms with Crippen molar-refractivity contribution in [2.24, 2.45) is 0 Å². The van der Waals surface area contributed by atoms with Crippen molar-refractivity contribution in [3.8, 4) is 11.3 Å². The van der Waals surface area contributed by atoms with Gasteiger partial charge in [0, 0.05) is 48.5 Å². The summed E-state index contributed by atoms with van der Waals surface area (Å²) in [6, 6.07) is 2.91. The van der Waals surface area contributed by atoms with Gasteiger partial charge < -0.3 is 0 Å². The molecule has 0 radical (unpaired) electrons. The summed E-state index contributed by atoms with van der Waals surface area (Å²) in [5.41, 5.74) is 0.895. The van der Waals surface area contributed by atoms with Crippen molar-refractivity contribution in [3.05, 3.63) is 35.8 Å². The largest absolute Gasteiger partial charge is 0.417 e. The number of rotatable bonds is 3. The van der Waals surface area contributed by atoms with Gasteiger partial charge in [-0.25, -0.2) is 0 Å². The minimum absolute atomic E-state index is 0.0585. The lowest BCUT2D eigenvalue weighted by Crippen LogP contribution is -2.10. The number of Topliss-reactive ketones (excluding diaryl/α,β-unsaturated/α-hetero) is 1. The summed E-state index contributed by atoms with van der Waals surface area (Å²) < 4.78 is 40.5. The highest BCUT2D eigenvalue weighted by molar-refractivity contribution is 5.81. The van der Waals surface area contributed by atoms with Crippen molar-refractivity contribution < 1.29 is 18.0 Å². The molecular weight excluding hydrogens is 319 g/mol. The van der Waals surface area contributed by atoms with E-state index in [-0.39, 0.29) is 17.7 Å². The smallest absolute Gasteiger partial charge is 0.300 e. The Balaban J connectivity index is 2.02. The molecule has 0 amide bonds. The third-order valence-corrected chi connectivity index (χ3v) is 4.28. The number of pyridine rings is 1. The van der Waals surface area contributed by atoms with Crippen LogP contribution in [0.2, 0.25) is 0 Å². The summed E-state index contributed by atoms with van der Waals surface area (Å²) in [4.78, 5) is 15.3. The molecule has 0 bridgehead atoms. The fraction of sp³-hybridized carbons (Fsp3) is 0.471. The third-order valence-electron chi connectivity index (χ3n) is 4.28. The van der Waals surface area contributed by atoms with Gasteiger partial charge in [-0.1, -0.05) is 0 Å². The van der Waals surface area contributed by atoms with Crippen LogP contribution in [0.1, 0.15) is 56.3 Å². The van der Waals surface area contributed by atoms with Crippen LogP contribution in [-0.4, -0.2) is 20.5 Å². The van der Waals surface area contributed by atoms with Gasteiger partial charge in [0.15, 0.2) is 0 Å². The molecular formula is C17H18F3N3O. The van der Waals surface area contributed by atoms with Gasteiger partial charge in [-0.2, -0.15) is 18.3 Å². The van der Waals surface area contributed by atoms with Crippen molar-refractivity contribution in [1.29, 1.82) is 0 Å². The molecule has 1 fully saturated rings. The van der Waals surface area contributed by atoms with E-state index in [0.29, 0.717) is 24.1 Å². The van der Waals surface area contributed by atoms with E-state index in [2.05, 4.69) is 10.1 Å².